The zero-order chi connectivity index (χ0) is 10.7. The third-order valence-electron chi connectivity index (χ3n) is 1.82. The molecule has 0 unspecified atom stereocenters. The van der Waals surface area contributed by atoms with E-state index < -0.39 is 0 Å². The Hall–Kier alpha value is -2.37. The molecule has 76 valence electrons. The molecular weight excluding hydrogens is 192 g/mol. The summed E-state index contributed by atoms with van der Waals surface area (Å²) in [5.41, 5.74) is 12.9. The molecule has 0 saturated carbocycles. The standard InChI is InChI=1S/C9H10N6/c10-9(11)13-7-3-1-2-6(4-7)8-5-12-15-14-8/h1-5H,(H4,10,11,13)(H,12,14,15). The first-order chi connectivity index (χ1) is 7.25. The fourth-order valence-electron chi connectivity index (χ4n) is 1.22. The number of aliphatic imine (C=N–C) groups is 1. The van der Waals surface area contributed by atoms with Gasteiger partial charge in [0.2, 0.25) is 0 Å². The van der Waals surface area contributed by atoms with Crippen LogP contribution in [0.3, 0.4) is 0 Å². The number of aromatic amines is 1. The van der Waals surface area contributed by atoms with Crippen LogP contribution in [0.15, 0.2) is 35.5 Å². The molecule has 0 aliphatic carbocycles. The number of H-pyrrole nitrogens is 1. The number of benzene rings is 1. The lowest BCUT2D eigenvalue weighted by Gasteiger charge is -1.98. The topological polar surface area (TPSA) is 106 Å². The van der Waals surface area contributed by atoms with E-state index in [1.807, 2.05) is 24.3 Å². The molecule has 0 saturated heterocycles. The maximum Gasteiger partial charge on any atom is 0.191 e. The maximum absolute atomic E-state index is 5.29. The minimum atomic E-state index is 0.0345. The Kier molecular flexibility index (Phi) is 2.32. The molecule has 0 spiro atoms. The van der Waals surface area contributed by atoms with Crippen molar-refractivity contribution >= 4 is 11.6 Å². The molecule has 0 bridgehead atoms. The van der Waals surface area contributed by atoms with Gasteiger partial charge in [0.1, 0.15) is 5.69 Å². The van der Waals surface area contributed by atoms with Gasteiger partial charge in [-0.25, -0.2) is 4.99 Å². The molecule has 1 heterocycles. The number of rotatable bonds is 2. The Balaban J connectivity index is 2.39. The van der Waals surface area contributed by atoms with Crippen molar-refractivity contribution in [3.63, 3.8) is 0 Å². The second-order valence-electron chi connectivity index (χ2n) is 2.94. The third-order valence-corrected chi connectivity index (χ3v) is 1.82. The number of nitrogens with one attached hydrogen (secondary N) is 1. The van der Waals surface area contributed by atoms with Gasteiger partial charge in [0, 0.05) is 5.56 Å². The molecule has 1 aromatic carbocycles. The molecule has 2 aromatic rings. The third kappa shape index (κ3) is 2.11. The van der Waals surface area contributed by atoms with Crippen LogP contribution < -0.4 is 11.5 Å². The molecule has 0 radical (unpaired) electrons. The molecule has 0 aliphatic rings. The number of aromatic nitrogens is 3. The summed E-state index contributed by atoms with van der Waals surface area (Å²) in [5.74, 6) is 0.0345. The van der Waals surface area contributed by atoms with Crippen molar-refractivity contribution in [2.24, 2.45) is 16.5 Å². The summed E-state index contributed by atoms with van der Waals surface area (Å²) < 4.78 is 0. The molecule has 0 amide bonds. The molecule has 6 heteroatoms. The second kappa shape index (κ2) is 3.79. The SMILES string of the molecule is NC(N)=Nc1cccc(-c2cn[nH]n2)c1. The summed E-state index contributed by atoms with van der Waals surface area (Å²) in [7, 11) is 0. The first-order valence-electron chi connectivity index (χ1n) is 4.31. The summed E-state index contributed by atoms with van der Waals surface area (Å²) in [6.45, 7) is 0. The minimum absolute atomic E-state index is 0.0345. The van der Waals surface area contributed by atoms with Gasteiger partial charge < -0.3 is 11.5 Å². The van der Waals surface area contributed by atoms with Gasteiger partial charge in [0.05, 0.1) is 11.9 Å². The van der Waals surface area contributed by atoms with Crippen LogP contribution in [-0.4, -0.2) is 21.4 Å². The van der Waals surface area contributed by atoms with Crippen LogP contribution in [0, 0.1) is 0 Å². The summed E-state index contributed by atoms with van der Waals surface area (Å²) in [6.07, 6.45) is 1.63. The van der Waals surface area contributed by atoms with Gasteiger partial charge in [-0.2, -0.15) is 15.4 Å². The molecule has 1 aromatic heterocycles. The molecule has 0 fully saturated rings. The molecule has 6 nitrogen and oxygen atoms in total. The fourth-order valence-corrected chi connectivity index (χ4v) is 1.22. The van der Waals surface area contributed by atoms with Gasteiger partial charge in [-0.3, -0.25) is 0 Å². The van der Waals surface area contributed by atoms with Crippen LogP contribution in [0.1, 0.15) is 0 Å². The highest BCUT2D eigenvalue weighted by Crippen LogP contribution is 2.21. The van der Waals surface area contributed by atoms with Crippen molar-refractivity contribution < 1.29 is 0 Å². The highest BCUT2D eigenvalue weighted by atomic mass is 15.3. The van der Waals surface area contributed by atoms with Crippen molar-refractivity contribution in [3.8, 4) is 11.3 Å². The van der Waals surface area contributed by atoms with Crippen LogP contribution in [0.4, 0.5) is 5.69 Å². The van der Waals surface area contributed by atoms with Gasteiger partial charge >= 0.3 is 0 Å². The lowest BCUT2D eigenvalue weighted by Crippen LogP contribution is -2.21. The van der Waals surface area contributed by atoms with E-state index in [0.29, 0.717) is 5.69 Å². The molecule has 0 atom stereocenters. The van der Waals surface area contributed by atoms with Crippen molar-refractivity contribution in [2.45, 2.75) is 0 Å². The zero-order valence-corrected chi connectivity index (χ0v) is 7.88. The Morgan fingerprint density at radius 2 is 2.20 bits per heavy atom. The van der Waals surface area contributed by atoms with Gasteiger partial charge in [0.15, 0.2) is 5.96 Å². The summed E-state index contributed by atoms with van der Waals surface area (Å²) in [5, 5.41) is 10.2. The van der Waals surface area contributed by atoms with Crippen molar-refractivity contribution in [1.29, 1.82) is 0 Å². The second-order valence-corrected chi connectivity index (χ2v) is 2.94. The van der Waals surface area contributed by atoms with E-state index in [1.54, 1.807) is 6.20 Å². The van der Waals surface area contributed by atoms with E-state index in [2.05, 4.69) is 20.4 Å². The van der Waals surface area contributed by atoms with Gasteiger partial charge in [0.25, 0.3) is 0 Å². The van der Waals surface area contributed by atoms with Crippen LogP contribution >= 0.6 is 0 Å². The summed E-state index contributed by atoms with van der Waals surface area (Å²) >= 11 is 0. The number of hydrogen-bond donors (Lipinski definition) is 3. The average Bonchev–Trinajstić information content (AvgIpc) is 2.69. The first kappa shape index (κ1) is 9.20. The van der Waals surface area contributed by atoms with Crippen LogP contribution in [-0.2, 0) is 0 Å². The monoisotopic (exact) mass is 202 g/mol. The quantitative estimate of drug-likeness (QED) is 0.483. The van der Waals surface area contributed by atoms with E-state index in [1.165, 1.54) is 0 Å². The highest BCUT2D eigenvalue weighted by molar-refractivity contribution is 5.79. The lowest BCUT2D eigenvalue weighted by molar-refractivity contribution is 0.942. The van der Waals surface area contributed by atoms with E-state index in [-0.39, 0.29) is 5.96 Å². The van der Waals surface area contributed by atoms with Crippen molar-refractivity contribution in [2.75, 3.05) is 0 Å². The number of nitrogens with two attached hydrogens (primary N) is 2. The summed E-state index contributed by atoms with van der Waals surface area (Å²) in [6, 6.07) is 7.40. The molecule has 5 N–H and O–H groups in total. The Labute approximate surface area is 86.0 Å². The van der Waals surface area contributed by atoms with E-state index in [9.17, 15) is 0 Å². The van der Waals surface area contributed by atoms with Gasteiger partial charge in [-0.1, -0.05) is 12.1 Å². The maximum atomic E-state index is 5.29. The molecule has 2 rings (SSSR count). The average molecular weight is 202 g/mol. The summed E-state index contributed by atoms with van der Waals surface area (Å²) in [4.78, 5) is 3.94. The van der Waals surface area contributed by atoms with Gasteiger partial charge in [-0.15, -0.1) is 0 Å². The number of nitrogens with zero attached hydrogens (tertiary/aromatic N) is 3. The minimum Gasteiger partial charge on any atom is -0.370 e. The van der Waals surface area contributed by atoms with E-state index >= 15 is 0 Å². The van der Waals surface area contributed by atoms with Crippen LogP contribution in [0.2, 0.25) is 0 Å². The van der Waals surface area contributed by atoms with Crippen molar-refractivity contribution in [3.05, 3.63) is 30.5 Å². The smallest absolute Gasteiger partial charge is 0.191 e. The van der Waals surface area contributed by atoms with Crippen molar-refractivity contribution in [1.82, 2.24) is 15.4 Å². The number of guanidine groups is 1. The number of hydrogen-bond acceptors (Lipinski definition) is 3. The zero-order valence-electron chi connectivity index (χ0n) is 7.88. The Morgan fingerprint density at radius 3 is 2.87 bits per heavy atom. The Morgan fingerprint density at radius 1 is 1.33 bits per heavy atom. The lowest BCUT2D eigenvalue weighted by atomic mass is 10.1. The van der Waals surface area contributed by atoms with E-state index in [0.717, 1.165) is 11.3 Å². The fraction of sp³-hybridized carbons (Fsp3) is 0. The normalized spacial score (nSPS) is 9.87. The van der Waals surface area contributed by atoms with Gasteiger partial charge in [-0.05, 0) is 12.1 Å². The predicted molar refractivity (Wildman–Crippen MR) is 57.3 cm³/mol. The largest absolute Gasteiger partial charge is 0.370 e. The first-order valence-corrected chi connectivity index (χ1v) is 4.31. The molecule has 15 heavy (non-hydrogen) atoms. The highest BCUT2D eigenvalue weighted by Gasteiger charge is 2.00. The predicted octanol–water partition coefficient (Wildman–Crippen LogP) is 0.377. The molecular formula is C9H10N6. The van der Waals surface area contributed by atoms with Crippen LogP contribution in [0.5, 0.6) is 0 Å². The van der Waals surface area contributed by atoms with E-state index in [4.69, 9.17) is 11.5 Å². The molecule has 0 aliphatic heterocycles. The Bertz CT molecular complexity index is 469. The van der Waals surface area contributed by atoms with Crippen LogP contribution in [0.25, 0.3) is 11.3 Å².